The minimum Gasteiger partial charge on any atom is -0.493 e. The first-order valence-corrected chi connectivity index (χ1v) is 13.2. The molecule has 12 heteroatoms. The number of amides is 4. The summed E-state index contributed by atoms with van der Waals surface area (Å²) in [6.45, 7) is 1.31. The smallest absolute Gasteiger partial charge is 0.294 e. The highest BCUT2D eigenvalue weighted by Crippen LogP contribution is 2.36. The molecule has 2 N–H and O–H groups in total. The fourth-order valence-corrected chi connectivity index (χ4v) is 4.88. The van der Waals surface area contributed by atoms with Crippen LogP contribution in [0.5, 0.6) is 23.0 Å². The van der Waals surface area contributed by atoms with Crippen molar-refractivity contribution in [2.24, 2.45) is 0 Å². The van der Waals surface area contributed by atoms with Crippen LogP contribution in [0.4, 0.5) is 16.2 Å². The van der Waals surface area contributed by atoms with Gasteiger partial charge in [0, 0.05) is 17.4 Å². The number of thioether (sulfide) groups is 1. The van der Waals surface area contributed by atoms with Crippen LogP contribution in [0.25, 0.3) is 6.08 Å². The first-order chi connectivity index (χ1) is 19.8. The summed E-state index contributed by atoms with van der Waals surface area (Å²) in [5.41, 5.74) is 2.64. The molecule has 5 rings (SSSR count). The summed E-state index contributed by atoms with van der Waals surface area (Å²) in [7, 11) is 1.45. The lowest BCUT2D eigenvalue weighted by Gasteiger charge is -2.13. The van der Waals surface area contributed by atoms with Gasteiger partial charge in [-0.1, -0.05) is 24.3 Å². The molecule has 2 aliphatic rings. The molecule has 0 aliphatic carbocycles. The highest BCUT2D eigenvalue weighted by molar-refractivity contribution is 8.18. The van der Waals surface area contributed by atoms with Gasteiger partial charge in [0.1, 0.15) is 6.54 Å². The number of aryl methyl sites for hydroxylation is 1. The molecule has 1 saturated heterocycles. The Balaban J connectivity index is 1.20. The summed E-state index contributed by atoms with van der Waals surface area (Å²) >= 11 is 0.732. The summed E-state index contributed by atoms with van der Waals surface area (Å²) in [4.78, 5) is 51.4. The van der Waals surface area contributed by atoms with Crippen molar-refractivity contribution in [2.75, 3.05) is 37.7 Å². The van der Waals surface area contributed by atoms with E-state index in [2.05, 4.69) is 10.6 Å². The highest BCUT2D eigenvalue weighted by Gasteiger charge is 2.36. The molecular formula is C29H25N3O8S. The first-order valence-electron chi connectivity index (χ1n) is 12.4. The number of hydrogen-bond acceptors (Lipinski definition) is 9. The van der Waals surface area contributed by atoms with Crippen LogP contribution in [0.2, 0.25) is 0 Å². The normalized spacial score (nSPS) is 14.8. The van der Waals surface area contributed by atoms with Crippen molar-refractivity contribution in [3.8, 4) is 23.0 Å². The second-order valence-corrected chi connectivity index (χ2v) is 9.94. The van der Waals surface area contributed by atoms with E-state index >= 15 is 0 Å². The second-order valence-electron chi connectivity index (χ2n) is 8.95. The molecular weight excluding hydrogens is 550 g/mol. The van der Waals surface area contributed by atoms with Crippen LogP contribution < -0.4 is 29.6 Å². The Morgan fingerprint density at radius 2 is 1.78 bits per heavy atom. The predicted molar refractivity (Wildman–Crippen MR) is 152 cm³/mol. The van der Waals surface area contributed by atoms with E-state index in [0.717, 1.165) is 22.2 Å². The van der Waals surface area contributed by atoms with Crippen LogP contribution in [0.15, 0.2) is 65.6 Å². The van der Waals surface area contributed by atoms with Crippen molar-refractivity contribution >= 4 is 52.2 Å². The van der Waals surface area contributed by atoms with E-state index in [4.69, 9.17) is 18.9 Å². The van der Waals surface area contributed by atoms with Crippen LogP contribution in [0.1, 0.15) is 11.1 Å². The average molecular weight is 576 g/mol. The third-order valence-electron chi connectivity index (χ3n) is 6.10. The third-order valence-corrected chi connectivity index (χ3v) is 7.00. The predicted octanol–water partition coefficient (Wildman–Crippen LogP) is 4.42. The van der Waals surface area contributed by atoms with E-state index in [0.29, 0.717) is 39.9 Å². The van der Waals surface area contributed by atoms with Crippen LogP contribution in [0.3, 0.4) is 0 Å². The van der Waals surface area contributed by atoms with Crippen molar-refractivity contribution in [2.45, 2.75) is 6.92 Å². The van der Waals surface area contributed by atoms with E-state index < -0.39 is 23.6 Å². The number of carbonyl (C=O) groups excluding carboxylic acids is 4. The van der Waals surface area contributed by atoms with E-state index in [1.165, 1.54) is 13.2 Å². The number of anilines is 2. The Morgan fingerprint density at radius 3 is 2.59 bits per heavy atom. The number of nitrogens with one attached hydrogen (secondary N) is 2. The van der Waals surface area contributed by atoms with Crippen LogP contribution >= 0.6 is 11.8 Å². The quantitative estimate of drug-likeness (QED) is 0.356. The lowest BCUT2D eigenvalue weighted by Crippen LogP contribution is -2.36. The molecule has 11 nitrogen and oxygen atoms in total. The zero-order chi connectivity index (χ0) is 28.9. The van der Waals surface area contributed by atoms with Gasteiger partial charge in [0.2, 0.25) is 12.7 Å². The average Bonchev–Trinajstić information content (AvgIpc) is 3.53. The molecule has 3 aromatic rings. The number of ether oxygens (including phenoxy) is 4. The summed E-state index contributed by atoms with van der Waals surface area (Å²) in [6, 6.07) is 17.2. The topological polar surface area (TPSA) is 133 Å². The van der Waals surface area contributed by atoms with Crippen molar-refractivity contribution in [1.29, 1.82) is 0 Å². The van der Waals surface area contributed by atoms with Crippen LogP contribution in [-0.2, 0) is 14.4 Å². The molecule has 210 valence electrons. The van der Waals surface area contributed by atoms with Crippen molar-refractivity contribution < 1.29 is 38.1 Å². The molecule has 4 amide bonds. The minimum atomic E-state index is -0.590. The number of hydrogen-bond donors (Lipinski definition) is 2. The van der Waals surface area contributed by atoms with Gasteiger partial charge < -0.3 is 29.6 Å². The largest absolute Gasteiger partial charge is 0.493 e. The van der Waals surface area contributed by atoms with Crippen LogP contribution in [0, 0.1) is 6.92 Å². The number of imide groups is 1. The lowest BCUT2D eigenvalue weighted by molar-refractivity contribution is -0.127. The molecule has 0 atom stereocenters. The summed E-state index contributed by atoms with van der Waals surface area (Å²) in [5, 5.41) is 4.89. The molecule has 0 aromatic heterocycles. The standard InChI is InChI=1S/C29H25N3O8S/c1-17-5-3-4-6-20(17)31-27(34)15-38-21-9-7-18(11-23(21)37-2)12-25-28(35)32(29(36)41-25)14-26(33)30-19-8-10-22-24(13-19)40-16-39-22/h3-13H,14-16H2,1-2H3,(H,30,33)(H,31,34)/b25-12-. The van der Waals surface area contributed by atoms with Crippen molar-refractivity contribution in [1.82, 2.24) is 4.90 Å². The Morgan fingerprint density at radius 1 is 0.976 bits per heavy atom. The van der Waals surface area contributed by atoms with Gasteiger partial charge in [-0.2, -0.15) is 0 Å². The van der Waals surface area contributed by atoms with Gasteiger partial charge in [0.05, 0.1) is 12.0 Å². The zero-order valence-electron chi connectivity index (χ0n) is 22.1. The molecule has 2 heterocycles. The number of methoxy groups -OCH3 is 1. The number of rotatable bonds is 9. The molecule has 41 heavy (non-hydrogen) atoms. The number of benzene rings is 3. The van der Waals surface area contributed by atoms with Gasteiger partial charge in [0.25, 0.3) is 17.1 Å². The second kappa shape index (κ2) is 12.0. The fraction of sp³-hybridized carbons (Fsp3) is 0.172. The van der Waals surface area contributed by atoms with Crippen molar-refractivity contribution in [3.05, 3.63) is 76.7 Å². The van der Waals surface area contributed by atoms with Gasteiger partial charge >= 0.3 is 0 Å². The summed E-state index contributed by atoms with van der Waals surface area (Å²) < 4.78 is 21.6. The third kappa shape index (κ3) is 6.44. The maximum atomic E-state index is 12.9. The summed E-state index contributed by atoms with van der Waals surface area (Å²) in [6.07, 6.45) is 1.53. The molecule has 3 aromatic carbocycles. The monoisotopic (exact) mass is 575 g/mol. The Bertz CT molecular complexity index is 1570. The van der Waals surface area contributed by atoms with Crippen molar-refractivity contribution in [3.63, 3.8) is 0 Å². The lowest BCUT2D eigenvalue weighted by atomic mass is 10.2. The molecule has 0 bridgehead atoms. The zero-order valence-corrected chi connectivity index (χ0v) is 22.9. The van der Waals surface area contributed by atoms with Gasteiger partial charge in [-0.15, -0.1) is 0 Å². The van der Waals surface area contributed by atoms with E-state index in [9.17, 15) is 19.2 Å². The minimum absolute atomic E-state index is 0.100. The molecule has 2 aliphatic heterocycles. The fourth-order valence-electron chi connectivity index (χ4n) is 4.04. The maximum absolute atomic E-state index is 12.9. The Labute approximate surface area is 239 Å². The number of carbonyl (C=O) groups is 4. The maximum Gasteiger partial charge on any atom is 0.294 e. The number of para-hydroxylation sites is 1. The highest BCUT2D eigenvalue weighted by atomic mass is 32.2. The van der Waals surface area contributed by atoms with E-state index in [1.807, 2.05) is 25.1 Å². The van der Waals surface area contributed by atoms with E-state index in [1.54, 1.807) is 42.5 Å². The molecule has 0 unspecified atom stereocenters. The van der Waals surface area contributed by atoms with Gasteiger partial charge in [-0.05, 0) is 66.2 Å². The van der Waals surface area contributed by atoms with Gasteiger partial charge in [0.15, 0.2) is 29.6 Å². The van der Waals surface area contributed by atoms with Gasteiger partial charge in [-0.25, -0.2) is 0 Å². The molecule has 0 spiro atoms. The first kappa shape index (κ1) is 27.6. The molecule has 1 fully saturated rings. The van der Waals surface area contributed by atoms with Crippen LogP contribution in [-0.4, -0.2) is 54.9 Å². The summed E-state index contributed by atoms with van der Waals surface area (Å²) in [5.74, 6) is 0.271. The Hall–Kier alpha value is -4.97. The van der Waals surface area contributed by atoms with E-state index in [-0.39, 0.29) is 24.2 Å². The molecule has 0 radical (unpaired) electrons. The number of fused-ring (bicyclic) bond motifs is 1. The number of nitrogens with zero attached hydrogens (tertiary/aromatic N) is 1. The SMILES string of the molecule is COc1cc(/C=C2\SC(=O)N(CC(=O)Nc3ccc4c(c3)OCO4)C2=O)ccc1OCC(=O)Nc1ccccc1C. The van der Waals surface area contributed by atoms with Gasteiger partial charge in [-0.3, -0.25) is 24.1 Å². The Kier molecular flexibility index (Phi) is 8.11. The molecule has 0 saturated carbocycles.